The number of halogens is 1. The molecule has 0 radical (unpaired) electrons. The van der Waals surface area contributed by atoms with Crippen LogP contribution in [0.15, 0.2) is 22.7 Å². The molecule has 1 amide bonds. The van der Waals surface area contributed by atoms with Gasteiger partial charge in [0.2, 0.25) is 5.91 Å². The van der Waals surface area contributed by atoms with E-state index in [1.54, 1.807) is 33.2 Å². The maximum atomic E-state index is 11.7. The number of nitro benzene ring substituents is 1. The molecule has 0 heterocycles. The highest BCUT2D eigenvalue weighted by Gasteiger charge is 2.17. The molecule has 0 fully saturated rings. The quantitative estimate of drug-likeness (QED) is 0.661. The highest BCUT2D eigenvalue weighted by Crippen LogP contribution is 2.28. The van der Waals surface area contributed by atoms with Crippen molar-refractivity contribution >= 4 is 27.5 Å². The number of rotatable bonds is 5. The van der Waals surface area contributed by atoms with Gasteiger partial charge in [-0.25, -0.2) is 0 Å². The summed E-state index contributed by atoms with van der Waals surface area (Å²) in [6.07, 6.45) is 0. The lowest BCUT2D eigenvalue weighted by Crippen LogP contribution is -2.41. The highest BCUT2D eigenvalue weighted by atomic mass is 79.9. The smallest absolute Gasteiger partial charge is 0.283 e. The number of carbonyl (C=O) groups excluding carboxylic acids is 1. The molecule has 0 aromatic heterocycles. The summed E-state index contributed by atoms with van der Waals surface area (Å²) in [5, 5.41) is 13.8. The number of hydrogen-bond acceptors (Lipinski definition) is 4. The molecule has 6 nitrogen and oxygen atoms in total. The van der Waals surface area contributed by atoms with E-state index in [9.17, 15) is 14.9 Å². The summed E-state index contributed by atoms with van der Waals surface area (Å²) in [5.41, 5.74) is 0.762. The molecular weight excluding hydrogens is 314 g/mol. The zero-order valence-electron chi connectivity index (χ0n) is 11.0. The summed E-state index contributed by atoms with van der Waals surface area (Å²) in [5.74, 6) is -0.0402. The SMILES string of the molecule is CC(NCc1cccc([N+](=O)[O-])c1Br)C(=O)N(C)C. The van der Waals surface area contributed by atoms with Crippen molar-refractivity contribution in [2.75, 3.05) is 14.1 Å². The van der Waals surface area contributed by atoms with Gasteiger partial charge >= 0.3 is 0 Å². The molecule has 7 heteroatoms. The van der Waals surface area contributed by atoms with Crippen molar-refractivity contribution in [3.05, 3.63) is 38.3 Å². The van der Waals surface area contributed by atoms with E-state index in [4.69, 9.17) is 0 Å². The Hall–Kier alpha value is -1.47. The van der Waals surface area contributed by atoms with Crippen molar-refractivity contribution in [3.63, 3.8) is 0 Å². The molecule has 0 aliphatic carbocycles. The molecule has 0 aliphatic rings. The van der Waals surface area contributed by atoms with Gasteiger partial charge in [-0.2, -0.15) is 0 Å². The minimum atomic E-state index is -0.442. The fourth-order valence-corrected chi connectivity index (χ4v) is 2.13. The largest absolute Gasteiger partial charge is 0.347 e. The molecule has 104 valence electrons. The van der Waals surface area contributed by atoms with Crippen LogP contribution < -0.4 is 5.32 Å². The number of nitrogens with zero attached hydrogens (tertiary/aromatic N) is 2. The van der Waals surface area contributed by atoms with Crippen molar-refractivity contribution in [2.24, 2.45) is 0 Å². The Morgan fingerprint density at radius 2 is 2.16 bits per heavy atom. The van der Waals surface area contributed by atoms with Gasteiger partial charge in [0.05, 0.1) is 15.4 Å². The van der Waals surface area contributed by atoms with Crippen LogP contribution in [0.25, 0.3) is 0 Å². The molecule has 1 atom stereocenters. The Labute approximate surface area is 120 Å². The van der Waals surface area contributed by atoms with Crippen molar-refractivity contribution < 1.29 is 9.72 Å². The molecule has 0 saturated carbocycles. The molecule has 1 rings (SSSR count). The van der Waals surface area contributed by atoms with Crippen LogP contribution in [-0.2, 0) is 11.3 Å². The van der Waals surface area contributed by atoms with E-state index >= 15 is 0 Å². The predicted molar refractivity (Wildman–Crippen MR) is 75.8 cm³/mol. The van der Waals surface area contributed by atoms with Crippen LogP contribution >= 0.6 is 15.9 Å². The second kappa shape index (κ2) is 6.63. The molecule has 0 saturated heterocycles. The minimum absolute atomic E-state index is 0.0193. The molecular formula is C12H16BrN3O3. The van der Waals surface area contributed by atoms with E-state index in [1.165, 1.54) is 11.0 Å². The van der Waals surface area contributed by atoms with Crippen LogP contribution in [0.2, 0.25) is 0 Å². The molecule has 0 spiro atoms. The van der Waals surface area contributed by atoms with Crippen LogP contribution in [0.4, 0.5) is 5.69 Å². The number of amides is 1. The van der Waals surface area contributed by atoms with Crippen LogP contribution in [0.3, 0.4) is 0 Å². The van der Waals surface area contributed by atoms with Gasteiger partial charge in [0.15, 0.2) is 0 Å². The minimum Gasteiger partial charge on any atom is -0.347 e. The van der Waals surface area contributed by atoms with Crippen molar-refractivity contribution in [1.82, 2.24) is 10.2 Å². The first kappa shape index (κ1) is 15.6. The average molecular weight is 330 g/mol. The number of likely N-dealkylation sites (N-methyl/N-ethyl adjacent to an activating group) is 1. The normalized spacial score (nSPS) is 12.0. The topological polar surface area (TPSA) is 75.5 Å². The lowest BCUT2D eigenvalue weighted by Gasteiger charge is -2.18. The maximum absolute atomic E-state index is 11.7. The van der Waals surface area contributed by atoms with Gasteiger partial charge in [-0.1, -0.05) is 12.1 Å². The van der Waals surface area contributed by atoms with E-state index in [1.807, 2.05) is 0 Å². The molecule has 1 aromatic rings. The molecule has 1 N–H and O–H groups in total. The van der Waals surface area contributed by atoms with Gasteiger partial charge in [-0.15, -0.1) is 0 Å². The lowest BCUT2D eigenvalue weighted by atomic mass is 10.2. The average Bonchev–Trinajstić information content (AvgIpc) is 2.35. The zero-order chi connectivity index (χ0) is 14.6. The molecule has 0 bridgehead atoms. The molecule has 1 unspecified atom stereocenters. The molecule has 0 aliphatic heterocycles. The number of benzene rings is 1. The monoisotopic (exact) mass is 329 g/mol. The van der Waals surface area contributed by atoms with E-state index in [0.29, 0.717) is 11.0 Å². The van der Waals surface area contributed by atoms with Gasteiger partial charge in [0.1, 0.15) is 0 Å². The van der Waals surface area contributed by atoms with Crippen molar-refractivity contribution in [1.29, 1.82) is 0 Å². The lowest BCUT2D eigenvalue weighted by molar-refractivity contribution is -0.385. The van der Waals surface area contributed by atoms with Gasteiger partial charge < -0.3 is 10.2 Å². The molecule has 19 heavy (non-hydrogen) atoms. The maximum Gasteiger partial charge on any atom is 0.283 e. The number of carbonyl (C=O) groups is 1. The Morgan fingerprint density at radius 3 is 2.68 bits per heavy atom. The van der Waals surface area contributed by atoms with Gasteiger partial charge in [-0.05, 0) is 28.4 Å². The van der Waals surface area contributed by atoms with Crippen LogP contribution in [-0.4, -0.2) is 35.9 Å². The van der Waals surface area contributed by atoms with Gasteiger partial charge in [0.25, 0.3) is 5.69 Å². The number of hydrogen-bond donors (Lipinski definition) is 1. The summed E-state index contributed by atoms with van der Waals surface area (Å²) in [6, 6.07) is 4.48. The highest BCUT2D eigenvalue weighted by molar-refractivity contribution is 9.10. The first-order valence-corrected chi connectivity index (χ1v) is 6.50. The Morgan fingerprint density at radius 1 is 1.53 bits per heavy atom. The number of nitro groups is 1. The fraction of sp³-hybridized carbons (Fsp3) is 0.417. The number of nitrogens with one attached hydrogen (secondary N) is 1. The second-order valence-electron chi connectivity index (χ2n) is 4.34. The van der Waals surface area contributed by atoms with Gasteiger partial charge in [0, 0.05) is 26.7 Å². The van der Waals surface area contributed by atoms with E-state index < -0.39 is 4.92 Å². The Kier molecular flexibility index (Phi) is 5.44. The van der Waals surface area contributed by atoms with E-state index in [0.717, 1.165) is 5.56 Å². The summed E-state index contributed by atoms with van der Waals surface area (Å²) in [6.45, 7) is 2.14. The Bertz CT molecular complexity index is 491. The zero-order valence-corrected chi connectivity index (χ0v) is 12.6. The summed E-state index contributed by atoms with van der Waals surface area (Å²) >= 11 is 3.22. The third-order valence-electron chi connectivity index (χ3n) is 2.66. The Balaban J connectivity index is 2.76. The standard InChI is InChI=1S/C12H16BrN3O3/c1-8(12(17)15(2)3)14-7-9-5-4-6-10(11(9)13)16(18)19/h4-6,8,14H,7H2,1-3H3. The summed E-state index contributed by atoms with van der Waals surface area (Å²) in [7, 11) is 3.37. The first-order chi connectivity index (χ1) is 8.84. The van der Waals surface area contributed by atoms with Crippen LogP contribution in [0, 0.1) is 10.1 Å². The first-order valence-electron chi connectivity index (χ1n) is 5.71. The predicted octanol–water partition coefficient (Wildman–Crippen LogP) is 1.92. The van der Waals surface area contributed by atoms with Crippen molar-refractivity contribution in [3.8, 4) is 0 Å². The van der Waals surface area contributed by atoms with Crippen LogP contribution in [0.5, 0.6) is 0 Å². The van der Waals surface area contributed by atoms with Crippen molar-refractivity contribution in [2.45, 2.75) is 19.5 Å². The van der Waals surface area contributed by atoms with E-state index in [-0.39, 0.29) is 17.6 Å². The van der Waals surface area contributed by atoms with E-state index in [2.05, 4.69) is 21.2 Å². The summed E-state index contributed by atoms with van der Waals surface area (Å²) < 4.78 is 0.442. The third kappa shape index (κ3) is 4.00. The third-order valence-corrected chi connectivity index (χ3v) is 3.58. The summed E-state index contributed by atoms with van der Waals surface area (Å²) in [4.78, 5) is 23.5. The fourth-order valence-electron chi connectivity index (χ4n) is 1.58. The van der Waals surface area contributed by atoms with Crippen LogP contribution in [0.1, 0.15) is 12.5 Å². The second-order valence-corrected chi connectivity index (χ2v) is 5.14. The molecule has 1 aromatic carbocycles. The van der Waals surface area contributed by atoms with Gasteiger partial charge in [-0.3, -0.25) is 14.9 Å².